The first-order valence-electron chi connectivity index (χ1n) is 6.01. The average Bonchev–Trinajstić information content (AvgIpc) is 2.73. The summed E-state index contributed by atoms with van der Waals surface area (Å²) < 4.78 is 26.6. The third-order valence-electron chi connectivity index (χ3n) is 3.00. The van der Waals surface area contributed by atoms with Crippen LogP contribution in [0.3, 0.4) is 0 Å². The molecule has 1 fully saturated rings. The number of nitrogens with one attached hydrogen (secondary N) is 1. The maximum Gasteiger partial charge on any atom is 0.248 e. The van der Waals surface area contributed by atoms with Crippen molar-refractivity contribution in [2.75, 3.05) is 6.54 Å². The maximum absolute atomic E-state index is 13.3. The Kier molecular flexibility index (Phi) is 4.04. The van der Waals surface area contributed by atoms with E-state index in [0.29, 0.717) is 13.0 Å². The van der Waals surface area contributed by atoms with Gasteiger partial charge in [-0.25, -0.2) is 8.78 Å². The van der Waals surface area contributed by atoms with Crippen molar-refractivity contribution in [3.63, 3.8) is 0 Å². The Morgan fingerprint density at radius 3 is 3.00 bits per heavy atom. The number of hydrogen-bond acceptors (Lipinski definition) is 4. The topological polar surface area (TPSA) is 37.8 Å². The molecular formula is C11H17F2N3S. The molecule has 2 rings (SSSR count). The van der Waals surface area contributed by atoms with E-state index >= 15 is 0 Å². The van der Waals surface area contributed by atoms with Crippen molar-refractivity contribution in [3.05, 3.63) is 10.0 Å². The minimum Gasteiger partial charge on any atom is -0.311 e. The van der Waals surface area contributed by atoms with Crippen molar-refractivity contribution in [2.24, 2.45) is 0 Å². The summed E-state index contributed by atoms with van der Waals surface area (Å²) in [5.74, 6) is -2.62. The minimum atomic E-state index is -2.52. The van der Waals surface area contributed by atoms with E-state index in [2.05, 4.69) is 15.5 Å². The summed E-state index contributed by atoms with van der Waals surface area (Å²) in [4.78, 5) is 0. The monoisotopic (exact) mass is 261 g/mol. The molecule has 1 unspecified atom stereocenters. The van der Waals surface area contributed by atoms with Crippen LogP contribution in [0.25, 0.3) is 0 Å². The molecule has 0 radical (unpaired) electrons. The van der Waals surface area contributed by atoms with E-state index < -0.39 is 5.92 Å². The van der Waals surface area contributed by atoms with Crippen LogP contribution in [0.1, 0.15) is 48.5 Å². The second kappa shape index (κ2) is 5.35. The number of aromatic nitrogens is 2. The predicted molar refractivity (Wildman–Crippen MR) is 63.4 cm³/mol. The summed E-state index contributed by atoms with van der Waals surface area (Å²) in [6.45, 7) is 3.57. The van der Waals surface area contributed by atoms with Gasteiger partial charge in [-0.1, -0.05) is 18.3 Å². The Balaban J connectivity index is 1.99. The summed E-state index contributed by atoms with van der Waals surface area (Å²) in [5, 5.41) is 12.9. The van der Waals surface area contributed by atoms with Gasteiger partial charge < -0.3 is 5.32 Å². The van der Waals surface area contributed by atoms with Gasteiger partial charge in [0, 0.05) is 25.3 Å². The van der Waals surface area contributed by atoms with E-state index in [0.717, 1.165) is 23.0 Å². The molecule has 0 saturated heterocycles. The second-order valence-corrected chi connectivity index (χ2v) is 5.56. The lowest BCUT2D eigenvalue weighted by Crippen LogP contribution is -2.24. The summed E-state index contributed by atoms with van der Waals surface area (Å²) in [7, 11) is 0. The fraction of sp³-hybridized carbons (Fsp3) is 0.818. The Labute approximate surface area is 104 Å². The van der Waals surface area contributed by atoms with Crippen molar-refractivity contribution in [1.82, 2.24) is 15.5 Å². The van der Waals surface area contributed by atoms with Gasteiger partial charge in [0.25, 0.3) is 0 Å². The standard InChI is InChI=1S/C11H17F2N3S/c1-2-14-7-9-15-16-10(17-9)8-4-3-5-11(12,13)6-8/h8,14H,2-7H2,1H3. The number of alkyl halides is 2. The van der Waals surface area contributed by atoms with Crippen LogP contribution in [0, 0.1) is 0 Å². The zero-order valence-corrected chi connectivity index (χ0v) is 10.7. The smallest absolute Gasteiger partial charge is 0.248 e. The van der Waals surface area contributed by atoms with Crippen molar-refractivity contribution in [3.8, 4) is 0 Å². The number of hydrogen-bond donors (Lipinski definition) is 1. The van der Waals surface area contributed by atoms with Gasteiger partial charge in [0.1, 0.15) is 10.0 Å². The van der Waals surface area contributed by atoms with Gasteiger partial charge in [0.15, 0.2) is 0 Å². The summed E-state index contributed by atoms with van der Waals surface area (Å²) >= 11 is 1.46. The van der Waals surface area contributed by atoms with Gasteiger partial charge in [-0.2, -0.15) is 0 Å². The molecule has 96 valence electrons. The first-order chi connectivity index (χ1) is 8.11. The molecule has 1 aromatic heterocycles. The van der Waals surface area contributed by atoms with Crippen LogP contribution in [0.5, 0.6) is 0 Å². The number of rotatable bonds is 4. The van der Waals surface area contributed by atoms with Gasteiger partial charge in [-0.3, -0.25) is 0 Å². The van der Waals surface area contributed by atoms with Crippen LogP contribution >= 0.6 is 11.3 Å². The molecule has 1 aromatic rings. The molecule has 1 aliphatic rings. The Hall–Kier alpha value is -0.620. The van der Waals surface area contributed by atoms with E-state index in [1.807, 2.05) is 6.92 Å². The zero-order chi connectivity index (χ0) is 12.3. The zero-order valence-electron chi connectivity index (χ0n) is 9.88. The molecule has 0 aliphatic heterocycles. The lowest BCUT2D eigenvalue weighted by molar-refractivity contribution is -0.0408. The second-order valence-electron chi connectivity index (χ2n) is 4.46. The first-order valence-corrected chi connectivity index (χ1v) is 6.83. The molecule has 3 nitrogen and oxygen atoms in total. The molecule has 1 heterocycles. The lowest BCUT2D eigenvalue weighted by atomic mass is 9.87. The van der Waals surface area contributed by atoms with Crippen LogP contribution in [0.2, 0.25) is 0 Å². The quantitative estimate of drug-likeness (QED) is 0.905. The fourth-order valence-electron chi connectivity index (χ4n) is 2.12. The molecule has 17 heavy (non-hydrogen) atoms. The van der Waals surface area contributed by atoms with Crippen LogP contribution in [-0.4, -0.2) is 22.7 Å². The average molecular weight is 261 g/mol. The molecule has 1 aliphatic carbocycles. The van der Waals surface area contributed by atoms with Crippen molar-refractivity contribution >= 4 is 11.3 Å². The Morgan fingerprint density at radius 1 is 1.47 bits per heavy atom. The highest BCUT2D eigenvalue weighted by molar-refractivity contribution is 7.11. The van der Waals surface area contributed by atoms with Gasteiger partial charge in [-0.05, 0) is 19.4 Å². The van der Waals surface area contributed by atoms with E-state index in [1.165, 1.54) is 11.3 Å². The molecule has 1 N–H and O–H groups in total. The van der Waals surface area contributed by atoms with Crippen molar-refractivity contribution in [2.45, 2.75) is 51.0 Å². The number of halogens is 2. The predicted octanol–water partition coefficient (Wildman–Crippen LogP) is 2.94. The molecule has 1 atom stereocenters. The molecule has 0 bridgehead atoms. The van der Waals surface area contributed by atoms with Crippen LogP contribution in [0.15, 0.2) is 0 Å². The molecule has 6 heteroatoms. The third kappa shape index (κ3) is 3.42. The van der Waals surface area contributed by atoms with Gasteiger partial charge in [-0.15, -0.1) is 10.2 Å². The summed E-state index contributed by atoms with van der Waals surface area (Å²) in [6, 6.07) is 0. The fourth-order valence-corrected chi connectivity index (χ4v) is 3.06. The van der Waals surface area contributed by atoms with E-state index in [9.17, 15) is 8.78 Å². The highest BCUT2D eigenvalue weighted by Crippen LogP contribution is 2.42. The normalized spacial score (nSPS) is 23.8. The molecule has 0 amide bonds. The molecule has 0 aromatic carbocycles. The number of nitrogens with zero attached hydrogens (tertiary/aromatic N) is 2. The highest BCUT2D eigenvalue weighted by Gasteiger charge is 2.38. The van der Waals surface area contributed by atoms with Crippen LogP contribution in [0.4, 0.5) is 8.78 Å². The Bertz CT molecular complexity index is 367. The Morgan fingerprint density at radius 2 is 2.29 bits per heavy atom. The van der Waals surface area contributed by atoms with E-state index in [-0.39, 0.29) is 18.8 Å². The van der Waals surface area contributed by atoms with Crippen LogP contribution < -0.4 is 5.32 Å². The molecule has 0 spiro atoms. The first kappa shape index (κ1) is 12.8. The van der Waals surface area contributed by atoms with Crippen molar-refractivity contribution in [1.29, 1.82) is 0 Å². The van der Waals surface area contributed by atoms with Crippen molar-refractivity contribution < 1.29 is 8.78 Å². The summed E-state index contributed by atoms with van der Waals surface area (Å²) in [5.41, 5.74) is 0. The van der Waals surface area contributed by atoms with Gasteiger partial charge in [0.2, 0.25) is 5.92 Å². The minimum absolute atomic E-state index is 0.0204. The molecular weight excluding hydrogens is 244 g/mol. The third-order valence-corrected chi connectivity index (χ3v) is 4.08. The highest BCUT2D eigenvalue weighted by atomic mass is 32.1. The summed E-state index contributed by atoms with van der Waals surface area (Å²) in [6.07, 6.45) is 1.35. The van der Waals surface area contributed by atoms with E-state index in [4.69, 9.17) is 0 Å². The van der Waals surface area contributed by atoms with Crippen LogP contribution in [-0.2, 0) is 6.54 Å². The van der Waals surface area contributed by atoms with Gasteiger partial charge >= 0.3 is 0 Å². The maximum atomic E-state index is 13.3. The van der Waals surface area contributed by atoms with E-state index in [1.54, 1.807) is 0 Å². The molecule has 1 saturated carbocycles. The van der Waals surface area contributed by atoms with Gasteiger partial charge in [0.05, 0.1) is 0 Å². The largest absolute Gasteiger partial charge is 0.311 e. The lowest BCUT2D eigenvalue weighted by Gasteiger charge is -2.27. The SMILES string of the molecule is CCNCc1nnc(C2CCCC(F)(F)C2)s1.